The summed E-state index contributed by atoms with van der Waals surface area (Å²) in [5.74, 6) is -0.553. The highest BCUT2D eigenvalue weighted by molar-refractivity contribution is 6.05. The number of rotatable bonds is 5. The highest BCUT2D eigenvalue weighted by Gasteiger charge is 2.17. The molecular weight excluding hydrogens is 314 g/mol. The summed E-state index contributed by atoms with van der Waals surface area (Å²) in [6.07, 6.45) is 0. The van der Waals surface area contributed by atoms with E-state index in [1.165, 1.54) is 0 Å². The van der Waals surface area contributed by atoms with E-state index in [1.807, 2.05) is 44.2 Å². The Morgan fingerprint density at radius 3 is 2.40 bits per heavy atom. The Balaban J connectivity index is 1.85. The van der Waals surface area contributed by atoms with Gasteiger partial charge in [-0.2, -0.15) is 0 Å². The third-order valence-corrected chi connectivity index (χ3v) is 3.98. The molecule has 0 aliphatic rings. The lowest BCUT2D eigenvalue weighted by Gasteiger charge is -2.11. The minimum absolute atomic E-state index is 0.183. The van der Waals surface area contributed by atoms with E-state index in [-0.39, 0.29) is 18.3 Å². The van der Waals surface area contributed by atoms with Crippen LogP contribution in [0.1, 0.15) is 46.2 Å². The molecule has 4 heteroatoms. The van der Waals surface area contributed by atoms with Crippen LogP contribution >= 0.6 is 0 Å². The molecule has 126 valence electrons. The number of hydrogen-bond donors (Lipinski definition) is 0. The number of ether oxygens (including phenoxy) is 1. The van der Waals surface area contributed by atoms with E-state index in [4.69, 9.17) is 4.74 Å². The summed E-state index contributed by atoms with van der Waals surface area (Å²) in [6, 6.07) is 18.0. The molecule has 0 saturated heterocycles. The van der Waals surface area contributed by atoms with E-state index in [9.17, 15) is 9.59 Å². The summed E-state index contributed by atoms with van der Waals surface area (Å²) >= 11 is 0. The number of para-hydroxylation sites is 1. The molecule has 0 unspecified atom stereocenters. The van der Waals surface area contributed by atoms with Gasteiger partial charge in [-0.1, -0.05) is 62.4 Å². The molecule has 0 bridgehead atoms. The van der Waals surface area contributed by atoms with Crippen LogP contribution in [0, 0.1) is 0 Å². The van der Waals surface area contributed by atoms with E-state index in [0.29, 0.717) is 11.1 Å². The first-order valence-corrected chi connectivity index (χ1v) is 8.21. The van der Waals surface area contributed by atoms with E-state index in [2.05, 4.69) is 4.98 Å². The van der Waals surface area contributed by atoms with Gasteiger partial charge < -0.3 is 4.74 Å². The van der Waals surface area contributed by atoms with E-state index < -0.39 is 5.97 Å². The lowest BCUT2D eigenvalue weighted by molar-refractivity contribution is 0.0476. The number of hydrogen-bond acceptors (Lipinski definition) is 4. The van der Waals surface area contributed by atoms with Crippen molar-refractivity contribution in [1.29, 1.82) is 0 Å². The van der Waals surface area contributed by atoms with Crippen molar-refractivity contribution in [3.05, 3.63) is 77.5 Å². The predicted molar refractivity (Wildman–Crippen MR) is 96.9 cm³/mol. The second-order valence-electron chi connectivity index (χ2n) is 6.13. The number of esters is 1. The third kappa shape index (κ3) is 3.74. The molecular formula is C21H19NO3. The lowest BCUT2D eigenvalue weighted by Crippen LogP contribution is -2.15. The third-order valence-electron chi connectivity index (χ3n) is 3.98. The maximum atomic E-state index is 12.6. The molecule has 1 heterocycles. The number of fused-ring (bicyclic) bond motifs is 1. The van der Waals surface area contributed by atoms with Gasteiger partial charge in [0, 0.05) is 16.6 Å². The Kier molecular flexibility index (Phi) is 4.89. The Labute approximate surface area is 146 Å². The number of Topliss-reactive ketones (excluding diaryl/α,β-unsaturated/α-hetero) is 1. The van der Waals surface area contributed by atoms with Gasteiger partial charge in [0.2, 0.25) is 0 Å². The smallest absolute Gasteiger partial charge is 0.339 e. The van der Waals surface area contributed by atoms with Crippen molar-refractivity contribution >= 4 is 22.7 Å². The number of pyridine rings is 1. The summed E-state index contributed by atoms with van der Waals surface area (Å²) in [5.41, 5.74) is 2.53. The summed E-state index contributed by atoms with van der Waals surface area (Å²) in [5, 5.41) is 0.726. The molecule has 1 aromatic heterocycles. The standard InChI is InChI=1S/C21H19NO3/c1-14(2)19-12-17(16-10-6-7-11-18(16)22-19)21(24)25-13-20(23)15-8-4-3-5-9-15/h3-12,14H,13H2,1-2H3. The minimum atomic E-state index is -0.509. The van der Waals surface area contributed by atoms with Crippen molar-refractivity contribution in [2.24, 2.45) is 0 Å². The number of benzene rings is 2. The van der Waals surface area contributed by atoms with Crippen LogP contribution in [-0.4, -0.2) is 23.3 Å². The van der Waals surface area contributed by atoms with Crippen molar-refractivity contribution in [2.45, 2.75) is 19.8 Å². The van der Waals surface area contributed by atoms with E-state index >= 15 is 0 Å². The van der Waals surface area contributed by atoms with Crippen LogP contribution in [-0.2, 0) is 4.74 Å². The van der Waals surface area contributed by atoms with Gasteiger partial charge in [-0.25, -0.2) is 4.79 Å². The first-order valence-electron chi connectivity index (χ1n) is 8.21. The number of carbonyl (C=O) groups excluding carboxylic acids is 2. The average molecular weight is 333 g/mol. The molecule has 3 rings (SSSR count). The lowest BCUT2D eigenvalue weighted by atomic mass is 10.0. The predicted octanol–water partition coefficient (Wildman–Crippen LogP) is 4.40. The van der Waals surface area contributed by atoms with E-state index in [0.717, 1.165) is 16.6 Å². The zero-order valence-corrected chi connectivity index (χ0v) is 14.2. The van der Waals surface area contributed by atoms with E-state index in [1.54, 1.807) is 30.3 Å². The molecule has 0 amide bonds. The monoisotopic (exact) mass is 333 g/mol. The van der Waals surface area contributed by atoms with Gasteiger partial charge in [0.1, 0.15) is 0 Å². The van der Waals surface area contributed by atoms with Crippen LogP contribution in [0.5, 0.6) is 0 Å². The molecule has 3 aromatic rings. The Hall–Kier alpha value is -3.01. The molecule has 0 N–H and O–H groups in total. The molecule has 0 saturated carbocycles. The van der Waals surface area contributed by atoms with Crippen LogP contribution in [0.15, 0.2) is 60.7 Å². The summed E-state index contributed by atoms with van der Waals surface area (Å²) < 4.78 is 5.27. The van der Waals surface area contributed by atoms with Crippen molar-refractivity contribution in [3.8, 4) is 0 Å². The largest absolute Gasteiger partial charge is 0.454 e. The SMILES string of the molecule is CC(C)c1cc(C(=O)OCC(=O)c2ccccc2)c2ccccc2n1. The fourth-order valence-electron chi connectivity index (χ4n) is 2.58. The van der Waals surface area contributed by atoms with Gasteiger partial charge in [-0.05, 0) is 18.1 Å². The molecule has 0 spiro atoms. The Morgan fingerprint density at radius 1 is 1.00 bits per heavy atom. The summed E-state index contributed by atoms with van der Waals surface area (Å²) in [7, 11) is 0. The van der Waals surface area contributed by atoms with Gasteiger partial charge >= 0.3 is 5.97 Å². The first-order chi connectivity index (χ1) is 12.1. The number of aromatic nitrogens is 1. The molecule has 4 nitrogen and oxygen atoms in total. The number of ketones is 1. The normalized spacial score (nSPS) is 10.8. The topological polar surface area (TPSA) is 56.3 Å². The molecule has 25 heavy (non-hydrogen) atoms. The fourth-order valence-corrected chi connectivity index (χ4v) is 2.58. The van der Waals surface area contributed by atoms with Gasteiger partial charge in [0.25, 0.3) is 0 Å². The summed E-state index contributed by atoms with van der Waals surface area (Å²) in [6.45, 7) is 3.76. The molecule has 2 aromatic carbocycles. The average Bonchev–Trinajstić information content (AvgIpc) is 2.65. The highest BCUT2D eigenvalue weighted by atomic mass is 16.5. The highest BCUT2D eigenvalue weighted by Crippen LogP contribution is 2.23. The maximum Gasteiger partial charge on any atom is 0.339 e. The maximum absolute atomic E-state index is 12.6. The molecule has 0 aliphatic carbocycles. The molecule has 0 atom stereocenters. The van der Waals surface area contributed by atoms with Crippen LogP contribution in [0.25, 0.3) is 10.9 Å². The van der Waals surface area contributed by atoms with Crippen LogP contribution in [0.3, 0.4) is 0 Å². The number of nitrogens with zero attached hydrogens (tertiary/aromatic N) is 1. The zero-order valence-electron chi connectivity index (χ0n) is 14.2. The molecule has 0 fully saturated rings. The summed E-state index contributed by atoms with van der Waals surface area (Å²) in [4.78, 5) is 29.3. The van der Waals surface area contributed by atoms with Crippen molar-refractivity contribution in [1.82, 2.24) is 4.98 Å². The Morgan fingerprint density at radius 2 is 1.68 bits per heavy atom. The minimum Gasteiger partial charge on any atom is -0.454 e. The van der Waals surface area contributed by atoms with Gasteiger partial charge in [0.15, 0.2) is 12.4 Å². The van der Waals surface area contributed by atoms with Crippen LogP contribution in [0.2, 0.25) is 0 Å². The van der Waals surface area contributed by atoms with Crippen LogP contribution < -0.4 is 0 Å². The first kappa shape index (κ1) is 16.8. The van der Waals surface area contributed by atoms with Crippen molar-refractivity contribution < 1.29 is 14.3 Å². The molecule has 0 aliphatic heterocycles. The second-order valence-corrected chi connectivity index (χ2v) is 6.13. The zero-order chi connectivity index (χ0) is 17.8. The van der Waals surface area contributed by atoms with Crippen LogP contribution in [0.4, 0.5) is 0 Å². The fraction of sp³-hybridized carbons (Fsp3) is 0.190. The molecule has 0 radical (unpaired) electrons. The van der Waals surface area contributed by atoms with Gasteiger partial charge in [-0.3, -0.25) is 9.78 Å². The Bertz CT molecular complexity index is 917. The van der Waals surface area contributed by atoms with Gasteiger partial charge in [0.05, 0.1) is 11.1 Å². The van der Waals surface area contributed by atoms with Crippen molar-refractivity contribution in [2.75, 3.05) is 6.61 Å². The number of carbonyl (C=O) groups is 2. The van der Waals surface area contributed by atoms with Gasteiger partial charge in [-0.15, -0.1) is 0 Å². The quantitative estimate of drug-likeness (QED) is 0.513. The van der Waals surface area contributed by atoms with Crippen molar-refractivity contribution in [3.63, 3.8) is 0 Å². The second kappa shape index (κ2) is 7.26.